The second-order valence-electron chi connectivity index (χ2n) is 4.73. The Kier molecular flexibility index (Phi) is 2.61. The number of carbonyl (C=O) groups is 2. The van der Waals surface area contributed by atoms with Crippen LogP contribution in [-0.2, 0) is 0 Å². The van der Waals surface area contributed by atoms with Gasteiger partial charge in [0.1, 0.15) is 0 Å². The van der Waals surface area contributed by atoms with Crippen LogP contribution in [-0.4, -0.2) is 22.0 Å². The van der Waals surface area contributed by atoms with E-state index in [1.807, 2.05) is 18.2 Å². The highest BCUT2D eigenvalue weighted by Gasteiger charge is 2.38. The fraction of sp³-hybridized carbons (Fsp3) is 0. The lowest BCUT2D eigenvalue weighted by atomic mass is 10.1. The highest BCUT2D eigenvalue weighted by molar-refractivity contribution is 14.1. The van der Waals surface area contributed by atoms with Gasteiger partial charge in [-0.15, -0.1) is 0 Å². The predicted molar refractivity (Wildman–Crippen MR) is 86.4 cm³/mol. The molecule has 3 aromatic rings. The van der Waals surface area contributed by atoms with E-state index in [-0.39, 0.29) is 11.8 Å². The molecule has 0 unspecified atom stereocenters. The van der Waals surface area contributed by atoms with Crippen molar-refractivity contribution in [2.24, 2.45) is 0 Å². The van der Waals surface area contributed by atoms with E-state index in [0.717, 1.165) is 19.4 Å². The summed E-state index contributed by atoms with van der Waals surface area (Å²) in [5.41, 5.74) is 1.63. The van der Waals surface area contributed by atoms with Crippen molar-refractivity contribution in [1.29, 1.82) is 0 Å². The van der Waals surface area contributed by atoms with Gasteiger partial charge in [0.2, 0.25) is 0 Å². The Morgan fingerprint density at radius 2 is 1.67 bits per heavy atom. The molecule has 1 aliphatic rings. The maximum absolute atomic E-state index is 12.5. The van der Waals surface area contributed by atoms with E-state index >= 15 is 0 Å². The number of aromatic nitrogens is 2. The minimum Gasteiger partial charge on any atom is -0.276 e. The first-order valence-corrected chi connectivity index (χ1v) is 7.36. The molecule has 4 rings (SSSR count). The van der Waals surface area contributed by atoms with Crippen molar-refractivity contribution >= 4 is 51.1 Å². The topological polar surface area (TPSA) is 66.1 Å². The minimum atomic E-state index is -0.331. The van der Waals surface area contributed by atoms with Crippen molar-refractivity contribution in [1.82, 2.24) is 10.2 Å². The third-order valence-electron chi connectivity index (χ3n) is 3.51. The zero-order valence-corrected chi connectivity index (χ0v) is 12.8. The molecule has 0 saturated carbocycles. The molecule has 0 atom stereocenters. The molecule has 2 amide bonds. The van der Waals surface area contributed by atoms with Gasteiger partial charge in [0.05, 0.1) is 16.6 Å². The summed E-state index contributed by atoms with van der Waals surface area (Å²) < 4.78 is 1.01. The number of carbonyl (C=O) groups excluding carboxylic acids is 2. The van der Waals surface area contributed by atoms with Gasteiger partial charge < -0.3 is 0 Å². The Labute approximate surface area is 133 Å². The highest BCUT2D eigenvalue weighted by Crippen LogP contribution is 2.32. The van der Waals surface area contributed by atoms with Crippen molar-refractivity contribution in [3.8, 4) is 0 Å². The summed E-state index contributed by atoms with van der Waals surface area (Å²) in [6.07, 6.45) is 0. The molecule has 102 valence electrons. The van der Waals surface area contributed by atoms with Gasteiger partial charge in [-0.1, -0.05) is 12.1 Å². The summed E-state index contributed by atoms with van der Waals surface area (Å²) in [6, 6.07) is 12.5. The van der Waals surface area contributed by atoms with E-state index in [1.54, 1.807) is 24.3 Å². The molecule has 0 fully saturated rings. The zero-order valence-electron chi connectivity index (χ0n) is 10.6. The Hall–Kier alpha value is -2.22. The predicted octanol–water partition coefficient (Wildman–Crippen LogP) is 2.97. The molecule has 2 heterocycles. The molecule has 0 saturated heterocycles. The van der Waals surface area contributed by atoms with Crippen LogP contribution in [0.5, 0.6) is 0 Å². The third-order valence-corrected chi connectivity index (χ3v) is 4.18. The lowest BCUT2D eigenvalue weighted by Crippen LogP contribution is -2.29. The Balaban J connectivity index is 1.93. The first kappa shape index (κ1) is 12.5. The number of aromatic amines is 1. The Morgan fingerprint density at radius 1 is 1.00 bits per heavy atom. The van der Waals surface area contributed by atoms with Crippen LogP contribution in [0, 0.1) is 3.57 Å². The lowest BCUT2D eigenvalue weighted by molar-refractivity contribution is 0.0925. The summed E-state index contributed by atoms with van der Waals surface area (Å²) in [5.74, 6) is -0.305. The fourth-order valence-electron chi connectivity index (χ4n) is 2.52. The number of H-pyrrole nitrogens is 1. The van der Waals surface area contributed by atoms with Gasteiger partial charge in [0, 0.05) is 8.96 Å². The smallest absolute Gasteiger partial charge is 0.267 e. The summed E-state index contributed by atoms with van der Waals surface area (Å²) in [4.78, 5) is 26.1. The molecule has 2 aromatic carbocycles. The first-order valence-electron chi connectivity index (χ1n) is 6.28. The molecule has 6 heteroatoms. The van der Waals surface area contributed by atoms with Gasteiger partial charge in [-0.25, -0.2) is 4.90 Å². The molecule has 1 N–H and O–H groups in total. The highest BCUT2D eigenvalue weighted by atomic mass is 127. The molecular weight excluding hydrogens is 381 g/mol. The lowest BCUT2D eigenvalue weighted by Gasteiger charge is -2.10. The van der Waals surface area contributed by atoms with Crippen LogP contribution in [0.3, 0.4) is 0 Å². The second kappa shape index (κ2) is 4.39. The molecule has 0 bridgehead atoms. The number of nitrogens with one attached hydrogen (secondary N) is 1. The van der Waals surface area contributed by atoms with Gasteiger partial charge in [-0.05, 0) is 52.9 Å². The average Bonchev–Trinajstić information content (AvgIpc) is 3.00. The summed E-state index contributed by atoms with van der Waals surface area (Å²) in [7, 11) is 0. The van der Waals surface area contributed by atoms with Crippen LogP contribution in [0.15, 0.2) is 42.5 Å². The number of amides is 2. The molecular formula is C15H8IN3O2. The van der Waals surface area contributed by atoms with Crippen LogP contribution in [0.1, 0.15) is 20.7 Å². The molecule has 0 aliphatic carbocycles. The van der Waals surface area contributed by atoms with Gasteiger partial charge in [-0.3, -0.25) is 14.7 Å². The van der Waals surface area contributed by atoms with Crippen molar-refractivity contribution in [3.63, 3.8) is 0 Å². The van der Waals surface area contributed by atoms with Gasteiger partial charge in [-0.2, -0.15) is 5.10 Å². The summed E-state index contributed by atoms with van der Waals surface area (Å²) in [5, 5.41) is 7.78. The minimum absolute atomic E-state index is 0.331. The number of hydrogen-bond donors (Lipinski definition) is 1. The number of nitrogens with zero attached hydrogens (tertiary/aromatic N) is 2. The number of fused-ring (bicyclic) bond motifs is 2. The maximum atomic E-state index is 12.5. The Bertz CT molecular complexity index is 881. The van der Waals surface area contributed by atoms with E-state index < -0.39 is 0 Å². The van der Waals surface area contributed by atoms with E-state index in [0.29, 0.717) is 16.9 Å². The molecule has 1 aliphatic heterocycles. The molecule has 5 nitrogen and oxygen atoms in total. The number of imide groups is 1. The fourth-order valence-corrected chi connectivity index (χ4v) is 3.02. The largest absolute Gasteiger partial charge is 0.276 e. The quantitative estimate of drug-likeness (QED) is 0.514. The zero-order chi connectivity index (χ0) is 14.6. The SMILES string of the molecule is O=C1c2ccccc2C(=O)N1c1n[nH]c2ccc(I)cc12. The number of benzene rings is 2. The van der Waals surface area contributed by atoms with Crippen molar-refractivity contribution < 1.29 is 9.59 Å². The molecule has 21 heavy (non-hydrogen) atoms. The summed E-state index contributed by atoms with van der Waals surface area (Å²) >= 11 is 2.19. The number of anilines is 1. The van der Waals surface area contributed by atoms with Crippen molar-refractivity contribution in [2.75, 3.05) is 4.90 Å². The van der Waals surface area contributed by atoms with Gasteiger partial charge >= 0.3 is 0 Å². The van der Waals surface area contributed by atoms with Crippen LogP contribution >= 0.6 is 22.6 Å². The standard InChI is InChI=1S/C15H8IN3O2/c16-8-5-6-12-11(7-8)13(18-17-12)19-14(20)9-3-1-2-4-10(9)15(19)21/h1-7H,(H,17,18). The summed E-state index contributed by atoms with van der Waals surface area (Å²) in [6.45, 7) is 0. The van der Waals surface area contributed by atoms with E-state index in [4.69, 9.17) is 0 Å². The molecule has 0 spiro atoms. The van der Waals surface area contributed by atoms with Crippen LogP contribution < -0.4 is 4.90 Å². The van der Waals surface area contributed by atoms with Crippen LogP contribution in [0.25, 0.3) is 10.9 Å². The van der Waals surface area contributed by atoms with Crippen LogP contribution in [0.4, 0.5) is 5.82 Å². The third kappa shape index (κ3) is 1.72. The normalized spacial score (nSPS) is 14.0. The van der Waals surface area contributed by atoms with E-state index in [2.05, 4.69) is 32.8 Å². The van der Waals surface area contributed by atoms with Crippen LogP contribution in [0.2, 0.25) is 0 Å². The van der Waals surface area contributed by atoms with E-state index in [1.165, 1.54) is 0 Å². The maximum Gasteiger partial charge on any atom is 0.267 e. The monoisotopic (exact) mass is 389 g/mol. The van der Waals surface area contributed by atoms with E-state index in [9.17, 15) is 9.59 Å². The van der Waals surface area contributed by atoms with Gasteiger partial charge in [0.15, 0.2) is 5.82 Å². The Morgan fingerprint density at radius 3 is 2.33 bits per heavy atom. The number of rotatable bonds is 1. The second-order valence-corrected chi connectivity index (χ2v) is 5.97. The van der Waals surface area contributed by atoms with Gasteiger partial charge in [0.25, 0.3) is 11.8 Å². The molecule has 0 radical (unpaired) electrons. The van der Waals surface area contributed by atoms with Crippen molar-refractivity contribution in [3.05, 3.63) is 57.2 Å². The number of hydrogen-bond acceptors (Lipinski definition) is 3. The number of halogens is 1. The molecule has 1 aromatic heterocycles. The van der Waals surface area contributed by atoms with Crippen molar-refractivity contribution in [2.45, 2.75) is 0 Å². The average molecular weight is 389 g/mol. The first-order chi connectivity index (χ1) is 10.2.